The van der Waals surface area contributed by atoms with Crippen LogP contribution in [-0.4, -0.2) is 33.5 Å². The van der Waals surface area contributed by atoms with Gasteiger partial charge in [-0.1, -0.05) is 37.4 Å². The Kier molecular flexibility index (Phi) is 5.68. The highest BCUT2D eigenvalue weighted by Crippen LogP contribution is 2.39. The lowest BCUT2D eigenvalue weighted by Crippen LogP contribution is -2.29. The zero-order valence-electron chi connectivity index (χ0n) is 16.6. The van der Waals surface area contributed by atoms with Crippen molar-refractivity contribution in [3.63, 3.8) is 0 Å². The zero-order chi connectivity index (χ0) is 19.8. The van der Waals surface area contributed by atoms with Gasteiger partial charge in [-0.25, -0.2) is 0 Å². The highest BCUT2D eigenvalue weighted by atomic mass is 35.5. The average molecular weight is 416 g/mol. The molecule has 4 rings (SSSR count). The number of carbonyl (C=O) groups excluding carboxylic acids is 1. The maximum atomic E-state index is 13.0. The van der Waals surface area contributed by atoms with Gasteiger partial charge in [-0.3, -0.25) is 19.0 Å². The monoisotopic (exact) mass is 415 g/mol. The summed E-state index contributed by atoms with van der Waals surface area (Å²) in [6, 6.07) is 7.63. The van der Waals surface area contributed by atoms with E-state index in [1.54, 1.807) is 12.3 Å². The van der Waals surface area contributed by atoms with Crippen LogP contribution in [0.1, 0.15) is 67.1 Å². The number of fused-ring (bicyclic) bond motifs is 1. The third kappa shape index (κ3) is 3.80. The topological polar surface area (TPSA) is 36.4 Å². The smallest absolute Gasteiger partial charge is 0.259 e. The number of hydrogen-bond acceptors (Lipinski definition) is 4. The summed E-state index contributed by atoms with van der Waals surface area (Å²) in [5.74, 6) is 0.530. The van der Waals surface area contributed by atoms with Gasteiger partial charge in [0.25, 0.3) is 5.91 Å². The summed E-state index contributed by atoms with van der Waals surface area (Å²) < 4.78 is 2.48. The molecule has 0 aliphatic carbocycles. The Morgan fingerprint density at radius 2 is 1.93 bits per heavy atom. The molecule has 4 nitrogen and oxygen atoms in total. The van der Waals surface area contributed by atoms with E-state index in [4.69, 9.17) is 11.6 Å². The Morgan fingerprint density at radius 3 is 2.64 bits per heavy atom. The van der Waals surface area contributed by atoms with Crippen molar-refractivity contribution in [3.8, 4) is 0 Å². The second-order valence-corrected chi connectivity index (χ2v) is 10.0. The first kappa shape index (κ1) is 19.7. The van der Waals surface area contributed by atoms with Gasteiger partial charge < -0.3 is 0 Å². The molecule has 0 N–H and O–H groups in total. The molecule has 0 spiro atoms. The molecule has 0 bridgehead atoms. The van der Waals surface area contributed by atoms with Crippen LogP contribution in [0.4, 0.5) is 5.69 Å². The van der Waals surface area contributed by atoms with Crippen LogP contribution in [0, 0.1) is 0 Å². The van der Waals surface area contributed by atoms with Gasteiger partial charge in [0, 0.05) is 35.1 Å². The van der Waals surface area contributed by atoms with Crippen LogP contribution in [-0.2, 0) is 0 Å². The van der Waals surface area contributed by atoms with Gasteiger partial charge in [-0.15, -0.1) is 0 Å². The van der Waals surface area contributed by atoms with Gasteiger partial charge in [-0.2, -0.15) is 0 Å². The van der Waals surface area contributed by atoms with E-state index in [9.17, 15) is 4.79 Å². The third-order valence-corrected chi connectivity index (χ3v) is 6.93. The molecule has 0 radical (unpaired) electrons. The molecule has 28 heavy (non-hydrogen) atoms. The van der Waals surface area contributed by atoms with Gasteiger partial charge in [0.05, 0.1) is 17.9 Å². The second-order valence-electron chi connectivity index (χ2n) is 7.92. The summed E-state index contributed by atoms with van der Waals surface area (Å²) in [7, 11) is 0. The molecule has 2 aliphatic heterocycles. The van der Waals surface area contributed by atoms with E-state index >= 15 is 0 Å². The number of carbonyl (C=O) groups is 1. The maximum Gasteiger partial charge on any atom is 0.259 e. The van der Waals surface area contributed by atoms with Crippen LogP contribution >= 0.6 is 23.5 Å². The van der Waals surface area contributed by atoms with Crippen molar-refractivity contribution in [1.29, 1.82) is 0 Å². The third-order valence-electron chi connectivity index (χ3n) is 5.61. The fourth-order valence-corrected chi connectivity index (χ4v) is 5.45. The number of pyridine rings is 1. The molecule has 1 atom stereocenters. The van der Waals surface area contributed by atoms with Gasteiger partial charge in [-0.05, 0) is 61.1 Å². The van der Waals surface area contributed by atoms with Gasteiger partial charge >= 0.3 is 0 Å². The van der Waals surface area contributed by atoms with Crippen LogP contribution in [0.3, 0.4) is 0 Å². The van der Waals surface area contributed by atoms with E-state index in [2.05, 4.69) is 29.2 Å². The summed E-state index contributed by atoms with van der Waals surface area (Å²) in [4.78, 5) is 19.3. The molecule has 2 aromatic rings. The van der Waals surface area contributed by atoms with Crippen LogP contribution < -0.4 is 4.90 Å². The molecule has 1 amide bonds. The average Bonchev–Trinajstić information content (AvgIpc) is 2.92. The lowest BCUT2D eigenvalue weighted by atomic mass is 9.91. The molecular weight excluding hydrogens is 390 g/mol. The highest BCUT2D eigenvalue weighted by molar-refractivity contribution is 7.97. The van der Waals surface area contributed by atoms with Crippen LogP contribution in [0.5, 0.6) is 0 Å². The number of halogens is 1. The van der Waals surface area contributed by atoms with E-state index in [0.29, 0.717) is 16.2 Å². The summed E-state index contributed by atoms with van der Waals surface area (Å²) in [5, 5.41) is 1.29. The Labute approximate surface area is 176 Å². The van der Waals surface area contributed by atoms with E-state index in [-0.39, 0.29) is 11.9 Å². The van der Waals surface area contributed by atoms with Crippen LogP contribution in [0.15, 0.2) is 36.7 Å². The summed E-state index contributed by atoms with van der Waals surface area (Å²) >= 11 is 8.10. The number of anilines is 1. The predicted octanol–water partition coefficient (Wildman–Crippen LogP) is 5.69. The summed E-state index contributed by atoms with van der Waals surface area (Å²) in [6.45, 7) is 8.73. The van der Waals surface area contributed by atoms with E-state index < -0.39 is 0 Å². The number of aromatic nitrogens is 1. The zero-order valence-corrected chi connectivity index (χ0v) is 18.1. The Morgan fingerprint density at radius 1 is 1.18 bits per heavy atom. The SMILES string of the molecule is CC(C)SN1CCC(c2cncc(N3C(=O)c4ccc(Cl)cc4C3C)c2)CC1. The summed E-state index contributed by atoms with van der Waals surface area (Å²) in [5.41, 5.74) is 3.84. The predicted molar refractivity (Wildman–Crippen MR) is 117 cm³/mol. The van der Waals surface area contributed by atoms with Crippen molar-refractivity contribution in [2.75, 3.05) is 18.0 Å². The molecule has 148 valence electrons. The molecule has 1 aromatic carbocycles. The minimum atomic E-state index is -0.0393. The van der Waals surface area contributed by atoms with Crippen molar-refractivity contribution in [1.82, 2.24) is 9.29 Å². The highest BCUT2D eigenvalue weighted by Gasteiger charge is 2.35. The molecule has 1 aromatic heterocycles. The number of nitrogens with zero attached hydrogens (tertiary/aromatic N) is 3. The fraction of sp³-hybridized carbons (Fsp3) is 0.455. The Hall–Kier alpha value is -1.56. The van der Waals surface area contributed by atoms with E-state index in [1.165, 1.54) is 5.56 Å². The molecular formula is C22H26ClN3OS. The lowest BCUT2D eigenvalue weighted by Gasteiger charge is -2.32. The van der Waals surface area contributed by atoms with Crippen molar-refractivity contribution < 1.29 is 4.79 Å². The van der Waals surface area contributed by atoms with Crippen molar-refractivity contribution in [3.05, 3.63) is 58.4 Å². The number of benzene rings is 1. The molecule has 2 aliphatic rings. The quantitative estimate of drug-likeness (QED) is 0.601. The minimum absolute atomic E-state index is 0.0290. The molecule has 6 heteroatoms. The Bertz CT molecular complexity index is 880. The standard InChI is InChI=1S/C22H26ClN3OS/c1-14(2)28-25-8-6-16(7-9-25)17-10-19(13-24-12-17)26-15(3)21-11-18(23)4-5-20(21)22(26)27/h4-5,10-16H,6-9H2,1-3H3. The maximum absolute atomic E-state index is 13.0. The minimum Gasteiger partial charge on any atom is -0.300 e. The molecule has 1 fully saturated rings. The van der Waals surface area contributed by atoms with Crippen LogP contribution in [0.25, 0.3) is 0 Å². The van der Waals surface area contributed by atoms with E-state index in [1.807, 2.05) is 42.1 Å². The molecule has 1 saturated heterocycles. The van der Waals surface area contributed by atoms with Crippen molar-refractivity contribution >= 4 is 35.1 Å². The number of amides is 1. The van der Waals surface area contributed by atoms with Crippen molar-refractivity contribution in [2.24, 2.45) is 0 Å². The molecule has 0 saturated carbocycles. The number of hydrogen-bond donors (Lipinski definition) is 0. The first-order valence-corrected chi connectivity index (χ1v) is 11.1. The first-order valence-electron chi connectivity index (χ1n) is 9.93. The van der Waals surface area contributed by atoms with Crippen molar-refractivity contribution in [2.45, 2.75) is 50.8 Å². The normalized spacial score (nSPS) is 20.8. The van der Waals surface area contributed by atoms with Gasteiger partial charge in [0.1, 0.15) is 0 Å². The lowest BCUT2D eigenvalue weighted by molar-refractivity contribution is 0.0992. The summed E-state index contributed by atoms with van der Waals surface area (Å²) in [6.07, 6.45) is 6.03. The largest absolute Gasteiger partial charge is 0.300 e. The first-order chi connectivity index (χ1) is 13.4. The van der Waals surface area contributed by atoms with Gasteiger partial charge in [0.15, 0.2) is 0 Å². The molecule has 3 heterocycles. The number of piperidine rings is 1. The van der Waals surface area contributed by atoms with Crippen LogP contribution in [0.2, 0.25) is 5.02 Å². The van der Waals surface area contributed by atoms with Gasteiger partial charge in [0.2, 0.25) is 0 Å². The number of rotatable bonds is 4. The van der Waals surface area contributed by atoms with E-state index in [0.717, 1.165) is 42.7 Å². The Balaban J connectivity index is 1.53. The molecule has 1 unspecified atom stereocenters. The second kappa shape index (κ2) is 8.05. The fourth-order valence-electron chi connectivity index (χ4n) is 4.25.